The van der Waals surface area contributed by atoms with E-state index in [1.54, 1.807) is 0 Å². The van der Waals surface area contributed by atoms with E-state index in [1.807, 2.05) is 0 Å². The third-order valence-electron chi connectivity index (χ3n) is 8.43. The number of hydrogen-bond acceptors (Lipinski definition) is 0. The molecule has 196 valence electrons. The standard InChI is InChI=1S/C42H28/c1-3-13-30(14-4-1)41-37-20-9-10-21-38(37)42(31-15-5-2-6-16-31)40-28-36(24-25-39(40)41)34-19-11-18-33(27-34)35-23-22-29-12-7-8-17-32(29)26-35/h1-28H. The van der Waals surface area contributed by atoms with Gasteiger partial charge in [-0.1, -0.05) is 152 Å². The molecule has 0 N–H and O–H groups in total. The van der Waals surface area contributed by atoms with Crippen LogP contribution in [-0.4, -0.2) is 0 Å². The molecule has 0 heterocycles. The molecular weight excluding hydrogens is 504 g/mol. The molecule has 0 saturated heterocycles. The Morgan fingerprint density at radius 2 is 0.667 bits per heavy atom. The van der Waals surface area contributed by atoms with Crippen molar-refractivity contribution in [2.24, 2.45) is 0 Å². The van der Waals surface area contributed by atoms with Crippen molar-refractivity contribution in [3.63, 3.8) is 0 Å². The van der Waals surface area contributed by atoms with Crippen molar-refractivity contribution in [3.05, 3.63) is 170 Å². The summed E-state index contributed by atoms with van der Waals surface area (Å²) in [6.45, 7) is 0. The lowest BCUT2D eigenvalue weighted by Crippen LogP contribution is -1.91. The highest BCUT2D eigenvalue weighted by molar-refractivity contribution is 6.22. The third kappa shape index (κ3) is 4.17. The van der Waals surface area contributed by atoms with Crippen molar-refractivity contribution in [1.29, 1.82) is 0 Å². The molecule has 0 spiro atoms. The molecule has 0 nitrogen and oxygen atoms in total. The summed E-state index contributed by atoms with van der Waals surface area (Å²) >= 11 is 0. The summed E-state index contributed by atoms with van der Waals surface area (Å²) in [7, 11) is 0. The Bertz CT molecular complexity index is 2220. The first-order chi connectivity index (χ1) is 20.8. The van der Waals surface area contributed by atoms with Gasteiger partial charge in [0.05, 0.1) is 0 Å². The lowest BCUT2D eigenvalue weighted by molar-refractivity contribution is 1.61. The van der Waals surface area contributed by atoms with Crippen molar-refractivity contribution in [3.8, 4) is 44.5 Å². The zero-order valence-corrected chi connectivity index (χ0v) is 23.2. The Balaban J connectivity index is 1.38. The average molecular weight is 533 g/mol. The molecule has 0 aromatic heterocycles. The van der Waals surface area contributed by atoms with E-state index >= 15 is 0 Å². The first-order valence-electron chi connectivity index (χ1n) is 14.5. The summed E-state index contributed by atoms with van der Waals surface area (Å²) in [4.78, 5) is 0. The molecule has 0 aliphatic heterocycles. The minimum atomic E-state index is 1.22. The molecule has 0 aliphatic carbocycles. The zero-order chi connectivity index (χ0) is 27.9. The largest absolute Gasteiger partial charge is 0.0622 e. The third-order valence-corrected chi connectivity index (χ3v) is 8.43. The SMILES string of the molecule is c1ccc(-c2c3ccccc3c(-c3ccccc3)c3cc(-c4cccc(-c5ccc6ccccc6c5)c4)ccc23)cc1. The van der Waals surface area contributed by atoms with E-state index in [1.165, 1.54) is 76.8 Å². The van der Waals surface area contributed by atoms with Gasteiger partial charge in [-0.2, -0.15) is 0 Å². The highest BCUT2D eigenvalue weighted by Crippen LogP contribution is 2.44. The zero-order valence-electron chi connectivity index (χ0n) is 23.2. The molecule has 8 rings (SSSR count). The Hall–Kier alpha value is -5.46. The van der Waals surface area contributed by atoms with Crippen LogP contribution in [0.5, 0.6) is 0 Å². The monoisotopic (exact) mass is 532 g/mol. The summed E-state index contributed by atoms with van der Waals surface area (Å²) < 4.78 is 0. The van der Waals surface area contributed by atoms with E-state index in [0.717, 1.165) is 0 Å². The van der Waals surface area contributed by atoms with Crippen molar-refractivity contribution in [1.82, 2.24) is 0 Å². The minimum absolute atomic E-state index is 1.22. The number of benzene rings is 8. The molecule has 8 aromatic carbocycles. The highest BCUT2D eigenvalue weighted by Gasteiger charge is 2.17. The van der Waals surface area contributed by atoms with Crippen LogP contribution in [0.2, 0.25) is 0 Å². The quantitative estimate of drug-likeness (QED) is 0.198. The van der Waals surface area contributed by atoms with E-state index in [9.17, 15) is 0 Å². The summed E-state index contributed by atoms with van der Waals surface area (Å²) in [5.41, 5.74) is 9.95. The molecule has 0 unspecified atom stereocenters. The molecule has 0 amide bonds. The average Bonchev–Trinajstić information content (AvgIpc) is 3.07. The Morgan fingerprint density at radius 1 is 0.214 bits per heavy atom. The van der Waals surface area contributed by atoms with Gasteiger partial charge in [-0.05, 0) is 95.0 Å². The lowest BCUT2D eigenvalue weighted by atomic mass is 9.85. The van der Waals surface area contributed by atoms with E-state index in [4.69, 9.17) is 0 Å². The van der Waals surface area contributed by atoms with Crippen LogP contribution in [0.1, 0.15) is 0 Å². The molecule has 0 fully saturated rings. The Kier molecular flexibility index (Phi) is 5.90. The smallest absolute Gasteiger partial charge is 0.00262 e. The number of hydrogen-bond donors (Lipinski definition) is 0. The van der Waals surface area contributed by atoms with Gasteiger partial charge in [-0.3, -0.25) is 0 Å². The highest BCUT2D eigenvalue weighted by atomic mass is 14.2. The van der Waals surface area contributed by atoms with Crippen molar-refractivity contribution in [2.45, 2.75) is 0 Å². The van der Waals surface area contributed by atoms with Crippen molar-refractivity contribution in [2.75, 3.05) is 0 Å². The maximum atomic E-state index is 2.40. The molecule has 0 saturated carbocycles. The molecule has 0 aliphatic rings. The normalized spacial score (nSPS) is 11.3. The molecule has 0 heteroatoms. The first kappa shape index (κ1) is 24.3. The topological polar surface area (TPSA) is 0 Å². The van der Waals surface area contributed by atoms with Crippen LogP contribution in [0.3, 0.4) is 0 Å². The second kappa shape index (κ2) is 10.2. The second-order valence-electron chi connectivity index (χ2n) is 10.9. The molecule has 0 atom stereocenters. The predicted octanol–water partition coefficient (Wildman–Crippen LogP) is 11.8. The second-order valence-corrected chi connectivity index (χ2v) is 10.9. The lowest BCUT2D eigenvalue weighted by Gasteiger charge is -2.19. The van der Waals surface area contributed by atoms with Gasteiger partial charge in [0.15, 0.2) is 0 Å². The van der Waals surface area contributed by atoms with Crippen LogP contribution in [-0.2, 0) is 0 Å². The maximum absolute atomic E-state index is 2.40. The van der Waals surface area contributed by atoms with E-state index < -0.39 is 0 Å². The minimum Gasteiger partial charge on any atom is -0.0622 e. The molecule has 8 aromatic rings. The van der Waals surface area contributed by atoms with Gasteiger partial charge < -0.3 is 0 Å². The summed E-state index contributed by atoms with van der Waals surface area (Å²) in [5.74, 6) is 0. The fraction of sp³-hybridized carbons (Fsp3) is 0. The fourth-order valence-corrected chi connectivity index (χ4v) is 6.44. The molecule has 0 bridgehead atoms. The summed E-state index contributed by atoms with van der Waals surface area (Å²) in [5, 5.41) is 7.62. The van der Waals surface area contributed by atoms with Crippen LogP contribution in [0.4, 0.5) is 0 Å². The van der Waals surface area contributed by atoms with Gasteiger partial charge >= 0.3 is 0 Å². The number of rotatable bonds is 4. The molecule has 0 radical (unpaired) electrons. The van der Waals surface area contributed by atoms with Gasteiger partial charge in [0.1, 0.15) is 0 Å². The van der Waals surface area contributed by atoms with Crippen molar-refractivity contribution >= 4 is 32.3 Å². The van der Waals surface area contributed by atoms with E-state index in [-0.39, 0.29) is 0 Å². The van der Waals surface area contributed by atoms with Gasteiger partial charge in [-0.25, -0.2) is 0 Å². The van der Waals surface area contributed by atoms with Crippen molar-refractivity contribution < 1.29 is 0 Å². The predicted molar refractivity (Wildman–Crippen MR) is 181 cm³/mol. The van der Waals surface area contributed by atoms with Gasteiger partial charge in [-0.15, -0.1) is 0 Å². The van der Waals surface area contributed by atoms with Crippen LogP contribution in [0.25, 0.3) is 76.8 Å². The van der Waals surface area contributed by atoms with Crippen LogP contribution >= 0.6 is 0 Å². The van der Waals surface area contributed by atoms with Gasteiger partial charge in [0, 0.05) is 0 Å². The van der Waals surface area contributed by atoms with Crippen LogP contribution in [0.15, 0.2) is 170 Å². The Labute approximate surface area is 246 Å². The fourth-order valence-electron chi connectivity index (χ4n) is 6.44. The number of fused-ring (bicyclic) bond motifs is 3. The first-order valence-corrected chi connectivity index (χ1v) is 14.5. The van der Waals surface area contributed by atoms with Gasteiger partial charge in [0.2, 0.25) is 0 Å². The van der Waals surface area contributed by atoms with E-state index in [0.29, 0.717) is 0 Å². The summed E-state index contributed by atoms with van der Waals surface area (Å²) in [6.07, 6.45) is 0. The maximum Gasteiger partial charge on any atom is -0.00262 e. The van der Waals surface area contributed by atoms with E-state index in [2.05, 4.69) is 170 Å². The van der Waals surface area contributed by atoms with Gasteiger partial charge in [0.25, 0.3) is 0 Å². The summed E-state index contributed by atoms with van der Waals surface area (Å²) in [6, 6.07) is 61.8. The molecule has 42 heavy (non-hydrogen) atoms. The molecular formula is C42H28. The van der Waals surface area contributed by atoms with Crippen LogP contribution in [0, 0.1) is 0 Å². The Morgan fingerprint density at radius 3 is 1.33 bits per heavy atom. The van der Waals surface area contributed by atoms with Crippen LogP contribution < -0.4 is 0 Å².